The van der Waals surface area contributed by atoms with Gasteiger partial charge in [-0.2, -0.15) is 0 Å². The van der Waals surface area contributed by atoms with E-state index >= 15 is 0 Å². The van der Waals surface area contributed by atoms with E-state index in [-0.39, 0.29) is 35.5 Å². The fraction of sp³-hybridized carbons (Fsp3) is 0.190. The molecule has 2 N–H and O–H groups in total. The molecule has 0 saturated heterocycles. The second-order valence-corrected chi connectivity index (χ2v) is 8.37. The molecule has 0 bridgehead atoms. The lowest BCUT2D eigenvalue weighted by Crippen LogP contribution is -2.20. The van der Waals surface area contributed by atoms with E-state index in [1.807, 2.05) is 0 Å². The highest BCUT2D eigenvalue weighted by molar-refractivity contribution is 7.81. The maximum Gasteiger partial charge on any atom is 0.335 e. The first-order valence-corrected chi connectivity index (χ1v) is 11.4. The molecule has 0 aliphatic carbocycles. The molecule has 1 atom stereocenters. The molecule has 33 heavy (non-hydrogen) atoms. The van der Waals surface area contributed by atoms with Crippen LogP contribution in [0, 0.1) is 6.92 Å². The molecule has 0 fully saturated rings. The van der Waals surface area contributed by atoms with Gasteiger partial charge >= 0.3 is 5.97 Å². The van der Waals surface area contributed by atoms with Crippen LogP contribution in [0.5, 0.6) is 11.5 Å². The Labute approximate surface area is 196 Å². The number of para-hydroxylation sites is 2. The molecular weight excluding hydrogens is 470 g/mol. The minimum absolute atomic E-state index is 0.107. The van der Waals surface area contributed by atoms with Gasteiger partial charge in [0.25, 0.3) is 0 Å². The first-order chi connectivity index (χ1) is 15.8. The van der Waals surface area contributed by atoms with Crippen LogP contribution >= 0.6 is 11.3 Å². The van der Waals surface area contributed by atoms with Crippen molar-refractivity contribution < 1.29 is 32.9 Å². The van der Waals surface area contributed by atoms with Gasteiger partial charge in [0, 0.05) is 6.92 Å². The summed E-state index contributed by atoms with van der Waals surface area (Å²) in [6.45, 7) is 3.24. The van der Waals surface area contributed by atoms with Crippen LogP contribution in [0.4, 0.5) is 15.8 Å². The molecule has 1 amide bonds. The van der Waals surface area contributed by atoms with Crippen LogP contribution in [0.1, 0.15) is 23.0 Å². The molecule has 0 aliphatic rings. The van der Waals surface area contributed by atoms with Crippen molar-refractivity contribution >= 4 is 50.3 Å². The van der Waals surface area contributed by atoms with Gasteiger partial charge < -0.3 is 24.4 Å². The maximum atomic E-state index is 12.1. The molecular formula is C21H20N3O7S2-. The van der Waals surface area contributed by atoms with Crippen molar-refractivity contribution in [3.63, 3.8) is 0 Å². The Morgan fingerprint density at radius 3 is 2.45 bits per heavy atom. The molecule has 3 aromatic rings. The first-order valence-electron chi connectivity index (χ1n) is 9.58. The number of aromatic nitrogens is 1. The van der Waals surface area contributed by atoms with Gasteiger partial charge in [-0.05, 0) is 43.3 Å². The molecule has 1 unspecified atom stereocenters. The zero-order chi connectivity index (χ0) is 24.0. The number of hydrogen-bond donors (Lipinski definition) is 2. The van der Waals surface area contributed by atoms with Gasteiger partial charge in [0.1, 0.15) is 29.7 Å². The molecule has 0 radical (unpaired) electrons. The second kappa shape index (κ2) is 10.9. The number of thiazole rings is 1. The van der Waals surface area contributed by atoms with Gasteiger partial charge in [0.2, 0.25) is 5.91 Å². The van der Waals surface area contributed by atoms with Crippen molar-refractivity contribution in [1.29, 1.82) is 0 Å². The normalized spacial score (nSPS) is 11.5. The Morgan fingerprint density at radius 1 is 1.15 bits per heavy atom. The second-order valence-electron chi connectivity index (χ2n) is 6.60. The Kier molecular flexibility index (Phi) is 7.98. The molecule has 3 rings (SSSR count). The van der Waals surface area contributed by atoms with E-state index in [0.29, 0.717) is 22.2 Å². The number of amides is 1. The van der Waals surface area contributed by atoms with Gasteiger partial charge in [-0.1, -0.05) is 23.5 Å². The zero-order valence-electron chi connectivity index (χ0n) is 17.6. The van der Waals surface area contributed by atoms with Crippen LogP contribution in [0.3, 0.4) is 0 Å². The van der Waals surface area contributed by atoms with E-state index in [1.54, 1.807) is 43.3 Å². The number of nitrogens with one attached hydrogen (secondary N) is 1. The fourth-order valence-corrected chi connectivity index (χ4v) is 4.60. The lowest BCUT2D eigenvalue weighted by atomic mass is 10.2. The lowest BCUT2D eigenvalue weighted by molar-refractivity contribution is -0.114. The van der Waals surface area contributed by atoms with Gasteiger partial charge in [-0.3, -0.25) is 13.3 Å². The average Bonchev–Trinajstić information content (AvgIpc) is 3.11. The Hall–Kier alpha value is -3.48. The molecule has 1 aromatic heterocycles. The minimum atomic E-state index is -2.69. The third-order valence-electron chi connectivity index (χ3n) is 4.18. The van der Waals surface area contributed by atoms with Crippen molar-refractivity contribution in [2.75, 3.05) is 22.8 Å². The molecule has 2 aromatic carbocycles. The number of aryl methyl sites for hydroxylation is 1. The highest BCUT2D eigenvalue weighted by Crippen LogP contribution is 2.40. The van der Waals surface area contributed by atoms with Crippen molar-refractivity contribution in [1.82, 2.24) is 4.98 Å². The van der Waals surface area contributed by atoms with E-state index in [1.165, 1.54) is 19.1 Å². The Morgan fingerprint density at radius 2 is 1.82 bits per heavy atom. The number of carboxylic acids is 1. The van der Waals surface area contributed by atoms with Crippen LogP contribution in [-0.4, -0.2) is 43.9 Å². The maximum absolute atomic E-state index is 12.1. The van der Waals surface area contributed by atoms with Gasteiger partial charge in [-0.15, -0.1) is 0 Å². The summed E-state index contributed by atoms with van der Waals surface area (Å²) >= 11 is -1.66. The molecule has 10 nitrogen and oxygen atoms in total. The van der Waals surface area contributed by atoms with Crippen molar-refractivity contribution in [3.8, 4) is 11.5 Å². The standard InChI is InChI=1S/C21H21N3O7S2/c1-13-19(32-21(22-13)23-14(2)25)24(33(28)29)17-5-3-4-6-18(17)31-12-11-30-16-9-7-15(8-10-16)20(26)27/h3-10H,11-12H2,1-2H3,(H,26,27)(H,28,29)(H,22,23,25)/p-1. The lowest BCUT2D eigenvalue weighted by Gasteiger charge is -2.27. The minimum Gasteiger partial charge on any atom is -0.755 e. The van der Waals surface area contributed by atoms with E-state index in [0.717, 1.165) is 15.6 Å². The van der Waals surface area contributed by atoms with Crippen molar-refractivity contribution in [2.24, 2.45) is 0 Å². The summed E-state index contributed by atoms with van der Waals surface area (Å²) in [5.41, 5.74) is 0.854. The largest absolute Gasteiger partial charge is 0.755 e. The van der Waals surface area contributed by atoms with Crippen molar-refractivity contribution in [3.05, 3.63) is 59.8 Å². The number of rotatable bonds is 10. The van der Waals surface area contributed by atoms with Crippen LogP contribution in [-0.2, 0) is 16.1 Å². The first kappa shape index (κ1) is 24.2. The molecule has 0 aliphatic heterocycles. The fourth-order valence-electron chi connectivity index (χ4n) is 2.79. The van der Waals surface area contributed by atoms with E-state index in [4.69, 9.17) is 14.6 Å². The highest BCUT2D eigenvalue weighted by atomic mass is 32.2. The van der Waals surface area contributed by atoms with Crippen LogP contribution in [0.2, 0.25) is 0 Å². The predicted octanol–water partition coefficient (Wildman–Crippen LogP) is 3.50. The summed E-state index contributed by atoms with van der Waals surface area (Å²) in [5.74, 6) is -0.557. The quantitative estimate of drug-likeness (QED) is 0.325. The third kappa shape index (κ3) is 6.28. The number of anilines is 3. The number of carboxylic acid groups (broad SMARTS) is 1. The average molecular weight is 491 g/mol. The van der Waals surface area contributed by atoms with E-state index < -0.39 is 17.2 Å². The molecule has 174 valence electrons. The summed E-state index contributed by atoms with van der Waals surface area (Å²) in [5, 5.41) is 12.1. The number of hydrogen-bond acceptors (Lipinski definition) is 8. The smallest absolute Gasteiger partial charge is 0.335 e. The van der Waals surface area contributed by atoms with Crippen LogP contribution in [0.25, 0.3) is 0 Å². The summed E-state index contributed by atoms with van der Waals surface area (Å²) in [4.78, 5) is 26.4. The van der Waals surface area contributed by atoms with Crippen molar-refractivity contribution in [2.45, 2.75) is 13.8 Å². The Bertz CT molecular complexity index is 1160. The molecule has 0 saturated carbocycles. The zero-order valence-corrected chi connectivity index (χ0v) is 19.3. The number of ether oxygens (including phenoxy) is 2. The number of nitrogens with zero attached hydrogens (tertiary/aromatic N) is 2. The summed E-state index contributed by atoms with van der Waals surface area (Å²) in [7, 11) is 0. The highest BCUT2D eigenvalue weighted by Gasteiger charge is 2.21. The molecule has 0 spiro atoms. The predicted molar refractivity (Wildman–Crippen MR) is 123 cm³/mol. The number of carbonyl (C=O) groups is 2. The SMILES string of the molecule is CC(=O)Nc1nc(C)c(N(c2ccccc2OCCOc2ccc(C(=O)O)cc2)S(=O)[O-])s1. The summed E-state index contributed by atoms with van der Waals surface area (Å²) < 4.78 is 36.6. The summed E-state index contributed by atoms with van der Waals surface area (Å²) in [6.07, 6.45) is 0. The number of benzene rings is 2. The monoisotopic (exact) mass is 490 g/mol. The molecule has 1 heterocycles. The Balaban J connectivity index is 1.72. The topological polar surface area (TPSA) is 141 Å². The number of aromatic carboxylic acids is 1. The summed E-state index contributed by atoms with van der Waals surface area (Å²) in [6, 6.07) is 12.5. The van der Waals surface area contributed by atoms with Crippen LogP contribution in [0.15, 0.2) is 48.5 Å². The van der Waals surface area contributed by atoms with E-state index in [9.17, 15) is 18.4 Å². The van der Waals surface area contributed by atoms with Gasteiger partial charge in [0.15, 0.2) is 5.13 Å². The number of carbonyl (C=O) groups excluding carboxylic acids is 1. The molecule has 12 heteroatoms. The van der Waals surface area contributed by atoms with Crippen LogP contribution < -0.4 is 19.1 Å². The van der Waals surface area contributed by atoms with Gasteiger partial charge in [-0.25, -0.2) is 9.78 Å². The third-order valence-corrected chi connectivity index (χ3v) is 6.03. The van der Waals surface area contributed by atoms with E-state index in [2.05, 4.69) is 10.3 Å². The van der Waals surface area contributed by atoms with Gasteiger partial charge in [0.05, 0.1) is 28.2 Å².